The molecule has 1 fully saturated rings. The van der Waals surface area contributed by atoms with Crippen LogP contribution in [-0.2, 0) is 0 Å². The first-order chi connectivity index (χ1) is 9.70. The number of unbranched alkanes of at least 4 members (excludes halogenated alkanes) is 1. The number of nitrogen functional groups attached to an aromatic ring is 1. The minimum atomic E-state index is 0.661. The van der Waals surface area contributed by atoms with Crippen molar-refractivity contribution in [2.75, 3.05) is 17.2 Å². The number of pyridine rings is 1. The maximum atomic E-state index is 6.26. The van der Waals surface area contributed by atoms with E-state index in [9.17, 15) is 0 Å². The summed E-state index contributed by atoms with van der Waals surface area (Å²) in [6.45, 7) is 3.31. The minimum absolute atomic E-state index is 0.661. The molecule has 0 radical (unpaired) electrons. The third-order valence-corrected chi connectivity index (χ3v) is 4.35. The highest BCUT2D eigenvalue weighted by Gasteiger charge is 2.31. The van der Waals surface area contributed by atoms with Crippen molar-refractivity contribution in [3.05, 3.63) is 28.9 Å². The highest BCUT2D eigenvalue weighted by Crippen LogP contribution is 2.39. The summed E-state index contributed by atoms with van der Waals surface area (Å²) in [5.41, 5.74) is 9.23. The summed E-state index contributed by atoms with van der Waals surface area (Å²) < 4.78 is 1.07. The van der Waals surface area contributed by atoms with Gasteiger partial charge in [0.1, 0.15) is 0 Å². The predicted molar refractivity (Wildman–Crippen MR) is 89.1 cm³/mol. The average Bonchev–Trinajstić information content (AvgIpc) is 3.26. The van der Waals surface area contributed by atoms with Gasteiger partial charge in [-0.15, -0.1) is 0 Å². The Morgan fingerprint density at radius 3 is 2.90 bits per heavy atom. The number of anilines is 2. The van der Waals surface area contributed by atoms with E-state index in [0.29, 0.717) is 6.04 Å². The van der Waals surface area contributed by atoms with E-state index in [4.69, 9.17) is 5.73 Å². The Bertz CT molecular complexity index is 617. The highest BCUT2D eigenvalue weighted by atomic mass is 79.9. The number of nitrogens with zero attached hydrogens (tertiary/aromatic N) is 2. The molecule has 3 rings (SSSR count). The Morgan fingerprint density at radius 1 is 1.40 bits per heavy atom. The van der Waals surface area contributed by atoms with Gasteiger partial charge in [0, 0.05) is 22.4 Å². The fraction of sp³-hybridized carbons (Fsp3) is 0.438. The van der Waals surface area contributed by atoms with Gasteiger partial charge >= 0.3 is 0 Å². The molecule has 0 aliphatic heterocycles. The summed E-state index contributed by atoms with van der Waals surface area (Å²) in [6.07, 6.45) is 6.76. The summed E-state index contributed by atoms with van der Waals surface area (Å²) in [5, 5.41) is 1.15. The SMILES string of the molecule is CCCCN(c1c(N)cnc2ccc(Br)cc12)C1CC1. The second-order valence-electron chi connectivity index (χ2n) is 5.50. The van der Waals surface area contributed by atoms with Crippen LogP contribution in [0.1, 0.15) is 32.6 Å². The number of halogens is 1. The van der Waals surface area contributed by atoms with E-state index in [1.54, 1.807) is 6.20 Å². The number of aromatic nitrogens is 1. The van der Waals surface area contributed by atoms with Crippen LogP contribution in [0, 0.1) is 0 Å². The summed E-state index contributed by atoms with van der Waals surface area (Å²) in [6, 6.07) is 6.87. The van der Waals surface area contributed by atoms with Gasteiger partial charge in [-0.05, 0) is 37.5 Å². The third-order valence-electron chi connectivity index (χ3n) is 3.86. The molecule has 20 heavy (non-hydrogen) atoms. The van der Waals surface area contributed by atoms with Crippen molar-refractivity contribution in [1.82, 2.24) is 4.98 Å². The molecule has 1 saturated carbocycles. The molecule has 106 valence electrons. The zero-order chi connectivity index (χ0) is 14.1. The lowest BCUT2D eigenvalue weighted by atomic mass is 10.1. The Kier molecular flexibility index (Phi) is 3.83. The fourth-order valence-electron chi connectivity index (χ4n) is 2.68. The monoisotopic (exact) mass is 333 g/mol. The maximum Gasteiger partial charge on any atom is 0.0745 e. The van der Waals surface area contributed by atoms with Gasteiger partial charge in [-0.3, -0.25) is 4.98 Å². The van der Waals surface area contributed by atoms with E-state index in [1.807, 2.05) is 12.1 Å². The van der Waals surface area contributed by atoms with Gasteiger partial charge in [0.05, 0.1) is 23.1 Å². The molecule has 2 aromatic rings. The second kappa shape index (κ2) is 5.60. The van der Waals surface area contributed by atoms with Gasteiger partial charge in [-0.25, -0.2) is 0 Å². The van der Waals surface area contributed by atoms with Crippen molar-refractivity contribution in [3.8, 4) is 0 Å². The molecule has 2 N–H and O–H groups in total. The van der Waals surface area contributed by atoms with Crippen molar-refractivity contribution in [2.24, 2.45) is 0 Å². The zero-order valence-electron chi connectivity index (χ0n) is 11.8. The van der Waals surface area contributed by atoms with Gasteiger partial charge in [0.15, 0.2) is 0 Å². The standard InChI is InChI=1S/C16H20BrN3/c1-2-3-8-20(12-5-6-12)16-13-9-11(17)4-7-15(13)19-10-14(16)18/h4,7,9-10,12H,2-3,5-6,8,18H2,1H3. The lowest BCUT2D eigenvalue weighted by Gasteiger charge is -2.27. The molecule has 3 nitrogen and oxygen atoms in total. The van der Waals surface area contributed by atoms with Gasteiger partial charge < -0.3 is 10.6 Å². The number of nitrogens with two attached hydrogens (primary N) is 1. The summed E-state index contributed by atoms with van der Waals surface area (Å²) in [5.74, 6) is 0. The molecule has 1 heterocycles. The normalized spacial score (nSPS) is 14.7. The van der Waals surface area contributed by atoms with Gasteiger partial charge in [0.2, 0.25) is 0 Å². The number of hydrogen-bond donors (Lipinski definition) is 1. The molecule has 0 saturated heterocycles. The van der Waals surface area contributed by atoms with Gasteiger partial charge in [-0.2, -0.15) is 0 Å². The summed E-state index contributed by atoms with van der Waals surface area (Å²) >= 11 is 3.56. The van der Waals surface area contributed by atoms with Crippen LogP contribution in [-0.4, -0.2) is 17.6 Å². The second-order valence-corrected chi connectivity index (χ2v) is 6.42. The van der Waals surface area contributed by atoms with Crippen LogP contribution in [0.5, 0.6) is 0 Å². The van der Waals surface area contributed by atoms with E-state index in [0.717, 1.165) is 27.6 Å². The van der Waals surface area contributed by atoms with Crippen molar-refractivity contribution in [1.29, 1.82) is 0 Å². The molecule has 0 unspecified atom stereocenters. The van der Waals surface area contributed by atoms with Crippen LogP contribution in [0.25, 0.3) is 10.9 Å². The highest BCUT2D eigenvalue weighted by molar-refractivity contribution is 9.10. The predicted octanol–water partition coefficient (Wildman–Crippen LogP) is 4.35. The summed E-state index contributed by atoms with van der Waals surface area (Å²) in [7, 11) is 0. The lowest BCUT2D eigenvalue weighted by Crippen LogP contribution is -2.28. The van der Waals surface area contributed by atoms with Crippen molar-refractivity contribution in [3.63, 3.8) is 0 Å². The van der Waals surface area contributed by atoms with Crippen LogP contribution in [0.15, 0.2) is 28.9 Å². The van der Waals surface area contributed by atoms with Crippen LogP contribution >= 0.6 is 15.9 Å². The molecular formula is C16H20BrN3. The molecule has 1 aliphatic rings. The largest absolute Gasteiger partial charge is 0.396 e. The molecule has 4 heteroatoms. The van der Waals surface area contributed by atoms with Crippen molar-refractivity contribution in [2.45, 2.75) is 38.6 Å². The minimum Gasteiger partial charge on any atom is -0.396 e. The molecule has 0 amide bonds. The molecule has 0 bridgehead atoms. The van der Waals surface area contributed by atoms with Gasteiger partial charge in [-0.1, -0.05) is 29.3 Å². The first-order valence-electron chi connectivity index (χ1n) is 7.31. The van der Waals surface area contributed by atoms with Crippen molar-refractivity contribution >= 4 is 38.2 Å². The topological polar surface area (TPSA) is 42.1 Å². The van der Waals surface area contributed by atoms with Gasteiger partial charge in [0.25, 0.3) is 0 Å². The summed E-state index contributed by atoms with van der Waals surface area (Å²) in [4.78, 5) is 6.95. The van der Waals surface area contributed by atoms with Crippen LogP contribution in [0.3, 0.4) is 0 Å². The van der Waals surface area contributed by atoms with E-state index >= 15 is 0 Å². The maximum absolute atomic E-state index is 6.26. The smallest absolute Gasteiger partial charge is 0.0745 e. The molecule has 1 aromatic carbocycles. The van der Waals surface area contributed by atoms with E-state index in [-0.39, 0.29) is 0 Å². The van der Waals surface area contributed by atoms with E-state index in [1.165, 1.54) is 31.4 Å². The fourth-order valence-corrected chi connectivity index (χ4v) is 3.04. The molecule has 0 spiro atoms. The molecule has 0 atom stereocenters. The quantitative estimate of drug-likeness (QED) is 0.884. The van der Waals surface area contributed by atoms with Crippen LogP contribution in [0.4, 0.5) is 11.4 Å². The first-order valence-corrected chi connectivity index (χ1v) is 8.10. The zero-order valence-corrected chi connectivity index (χ0v) is 13.4. The molecule has 1 aromatic heterocycles. The molecular weight excluding hydrogens is 314 g/mol. The van der Waals surface area contributed by atoms with Crippen LogP contribution in [0.2, 0.25) is 0 Å². The van der Waals surface area contributed by atoms with Crippen molar-refractivity contribution < 1.29 is 0 Å². The van der Waals surface area contributed by atoms with E-state index in [2.05, 4.69) is 38.8 Å². The number of hydrogen-bond acceptors (Lipinski definition) is 3. The van der Waals surface area contributed by atoms with Crippen LogP contribution < -0.4 is 10.6 Å². The Labute approximate surface area is 128 Å². The number of benzene rings is 1. The Balaban J connectivity index is 2.11. The lowest BCUT2D eigenvalue weighted by molar-refractivity contribution is 0.715. The first kappa shape index (κ1) is 13.7. The Hall–Kier alpha value is -1.29. The average molecular weight is 334 g/mol. The third kappa shape index (κ3) is 2.62. The number of fused-ring (bicyclic) bond motifs is 1. The van der Waals surface area contributed by atoms with E-state index < -0.39 is 0 Å². The molecule has 1 aliphatic carbocycles. The Morgan fingerprint density at radius 2 is 2.20 bits per heavy atom. The number of rotatable bonds is 5.